The summed E-state index contributed by atoms with van der Waals surface area (Å²) in [5, 5.41) is 2.93. The highest BCUT2D eigenvalue weighted by molar-refractivity contribution is 7.92. The van der Waals surface area contributed by atoms with Crippen LogP contribution in [-0.4, -0.2) is 51.0 Å². The van der Waals surface area contributed by atoms with E-state index < -0.39 is 46.2 Å². The van der Waals surface area contributed by atoms with Gasteiger partial charge in [0.05, 0.1) is 17.5 Å². The van der Waals surface area contributed by atoms with Crippen LogP contribution >= 0.6 is 11.6 Å². The maximum Gasteiger partial charge on any atom is 0.416 e. The highest BCUT2D eigenvalue weighted by Crippen LogP contribution is 2.32. The molecule has 0 aliphatic rings. The number of carbonyl (C=O) groups is 2. The molecule has 0 aliphatic heterocycles. The van der Waals surface area contributed by atoms with Crippen LogP contribution in [0.4, 0.5) is 18.9 Å². The number of amides is 2. The lowest BCUT2D eigenvalue weighted by Gasteiger charge is -2.33. The molecule has 0 saturated heterocycles. The Bertz CT molecular complexity index is 1420. The van der Waals surface area contributed by atoms with Gasteiger partial charge in [-0.3, -0.25) is 13.9 Å². The van der Waals surface area contributed by atoms with Crippen LogP contribution in [0.2, 0.25) is 5.02 Å². The average Bonchev–Trinajstić information content (AvgIpc) is 2.88. The third-order valence-corrected chi connectivity index (χ3v) is 7.28. The van der Waals surface area contributed by atoms with Gasteiger partial charge < -0.3 is 10.2 Å². The molecule has 0 saturated carbocycles. The van der Waals surface area contributed by atoms with Gasteiger partial charge in [-0.05, 0) is 41.5 Å². The maximum atomic E-state index is 13.8. The van der Waals surface area contributed by atoms with Gasteiger partial charge in [-0.2, -0.15) is 13.2 Å². The number of carbonyl (C=O) groups excluding carboxylic acids is 2. The van der Waals surface area contributed by atoms with Gasteiger partial charge in [0.15, 0.2) is 0 Å². The second-order valence-electron chi connectivity index (χ2n) is 8.79. The third kappa shape index (κ3) is 8.21. The van der Waals surface area contributed by atoms with Gasteiger partial charge in [0.2, 0.25) is 21.8 Å². The van der Waals surface area contributed by atoms with Crippen molar-refractivity contribution in [3.63, 3.8) is 0 Å². The molecule has 0 radical (unpaired) electrons. The van der Waals surface area contributed by atoms with Crippen LogP contribution in [0.25, 0.3) is 0 Å². The molecule has 3 aromatic rings. The topological polar surface area (TPSA) is 86.8 Å². The summed E-state index contributed by atoms with van der Waals surface area (Å²) in [5.74, 6) is -1.29. The molecule has 0 bridgehead atoms. The second kappa shape index (κ2) is 12.5. The minimum absolute atomic E-state index is 0.106. The number of likely N-dealkylation sites (N-methyl/N-ethyl adjacent to an activating group) is 1. The molecule has 7 nitrogen and oxygen atoms in total. The van der Waals surface area contributed by atoms with Crippen LogP contribution in [0, 0.1) is 0 Å². The van der Waals surface area contributed by atoms with Crippen molar-refractivity contribution in [3.8, 4) is 0 Å². The first-order valence-corrected chi connectivity index (χ1v) is 14.0. The zero-order valence-electron chi connectivity index (χ0n) is 21.2. The Labute approximate surface area is 230 Å². The Morgan fingerprint density at radius 3 is 2.18 bits per heavy atom. The lowest BCUT2D eigenvalue weighted by atomic mass is 10.0. The van der Waals surface area contributed by atoms with E-state index in [0.29, 0.717) is 21.0 Å². The van der Waals surface area contributed by atoms with Crippen LogP contribution in [-0.2, 0) is 38.8 Å². The summed E-state index contributed by atoms with van der Waals surface area (Å²) in [6.45, 7) is -0.937. The lowest BCUT2D eigenvalue weighted by Crippen LogP contribution is -2.52. The molecule has 0 aromatic heterocycles. The molecule has 0 aliphatic carbocycles. The fraction of sp³-hybridized carbons (Fsp3) is 0.259. The van der Waals surface area contributed by atoms with Gasteiger partial charge in [-0.1, -0.05) is 60.1 Å². The van der Waals surface area contributed by atoms with E-state index >= 15 is 0 Å². The predicted molar refractivity (Wildman–Crippen MR) is 144 cm³/mol. The Hall–Kier alpha value is -3.57. The zero-order valence-corrected chi connectivity index (χ0v) is 22.7. The van der Waals surface area contributed by atoms with Crippen molar-refractivity contribution in [2.24, 2.45) is 0 Å². The minimum Gasteiger partial charge on any atom is -0.357 e. The first kappa shape index (κ1) is 30.0. The number of hydrogen-bond donors (Lipinski definition) is 1. The summed E-state index contributed by atoms with van der Waals surface area (Å²) in [5.41, 5.74) is -0.0808. The molecular weight excluding hydrogens is 555 g/mol. The van der Waals surface area contributed by atoms with Crippen molar-refractivity contribution in [3.05, 3.63) is 101 Å². The summed E-state index contributed by atoms with van der Waals surface area (Å²) >= 11 is 6.12. The summed E-state index contributed by atoms with van der Waals surface area (Å²) in [4.78, 5) is 28.0. The fourth-order valence-corrected chi connectivity index (χ4v) is 5.06. The zero-order chi connectivity index (χ0) is 28.8. The Morgan fingerprint density at radius 2 is 1.59 bits per heavy atom. The van der Waals surface area contributed by atoms with Crippen molar-refractivity contribution >= 4 is 39.1 Å². The smallest absolute Gasteiger partial charge is 0.357 e. The molecule has 2 amide bonds. The fourth-order valence-electron chi connectivity index (χ4n) is 4.00. The van der Waals surface area contributed by atoms with Gasteiger partial charge in [-0.25, -0.2) is 8.42 Å². The van der Waals surface area contributed by atoms with E-state index in [1.165, 1.54) is 18.0 Å². The van der Waals surface area contributed by atoms with Crippen molar-refractivity contribution < 1.29 is 31.2 Å². The quantitative estimate of drug-likeness (QED) is 0.382. The maximum absolute atomic E-state index is 13.8. The average molecular weight is 582 g/mol. The number of halogens is 4. The Balaban J connectivity index is 2.05. The number of nitrogens with one attached hydrogen (secondary N) is 1. The monoisotopic (exact) mass is 581 g/mol. The van der Waals surface area contributed by atoms with Gasteiger partial charge in [0.25, 0.3) is 0 Å². The molecule has 1 N–H and O–H groups in total. The first-order valence-electron chi connectivity index (χ1n) is 11.7. The van der Waals surface area contributed by atoms with E-state index in [1.807, 2.05) is 0 Å². The number of anilines is 1. The van der Waals surface area contributed by atoms with E-state index in [1.54, 1.807) is 54.6 Å². The normalized spacial score (nSPS) is 12.5. The highest BCUT2D eigenvalue weighted by atomic mass is 35.5. The molecule has 0 heterocycles. The Morgan fingerprint density at radius 1 is 0.949 bits per heavy atom. The highest BCUT2D eigenvalue weighted by Gasteiger charge is 2.34. The molecule has 3 aromatic carbocycles. The molecule has 208 valence electrons. The molecule has 0 unspecified atom stereocenters. The number of alkyl halides is 3. The second-order valence-corrected chi connectivity index (χ2v) is 11.1. The minimum atomic E-state index is -4.72. The van der Waals surface area contributed by atoms with Gasteiger partial charge >= 0.3 is 6.18 Å². The van der Waals surface area contributed by atoms with E-state index in [9.17, 15) is 31.2 Å². The molecule has 1 atom stereocenters. The summed E-state index contributed by atoms with van der Waals surface area (Å²) in [6, 6.07) is 18.1. The van der Waals surface area contributed by atoms with Crippen molar-refractivity contribution in [2.75, 3.05) is 24.2 Å². The van der Waals surface area contributed by atoms with Gasteiger partial charge in [0, 0.05) is 25.0 Å². The Kier molecular flexibility index (Phi) is 9.63. The third-order valence-electron chi connectivity index (χ3n) is 5.90. The van der Waals surface area contributed by atoms with Crippen molar-refractivity contribution in [1.82, 2.24) is 10.2 Å². The summed E-state index contributed by atoms with van der Waals surface area (Å²) < 4.78 is 66.0. The van der Waals surface area contributed by atoms with Crippen LogP contribution in [0.1, 0.15) is 16.7 Å². The number of sulfonamides is 1. The summed E-state index contributed by atoms with van der Waals surface area (Å²) in [7, 11) is -2.79. The first-order chi connectivity index (χ1) is 18.3. The van der Waals surface area contributed by atoms with E-state index in [0.717, 1.165) is 24.0 Å². The standard InChI is InChI=1S/C27H27ClF3N3O4S/c1-32-26(36)24(15-19-8-4-3-5-9-19)33(17-20-10-6-12-22(28)14-20)25(35)18-34(39(2,37)38)23-13-7-11-21(16-23)27(29,30)31/h3-14,16,24H,15,17-18H2,1-2H3,(H,32,36)/t24-/m0/s1. The van der Waals surface area contributed by atoms with Crippen molar-refractivity contribution in [1.29, 1.82) is 0 Å². The van der Waals surface area contributed by atoms with Gasteiger partial charge in [0.1, 0.15) is 12.6 Å². The van der Waals surface area contributed by atoms with Crippen LogP contribution in [0.3, 0.4) is 0 Å². The molecule has 39 heavy (non-hydrogen) atoms. The predicted octanol–water partition coefficient (Wildman–Crippen LogP) is 4.51. The van der Waals surface area contributed by atoms with Crippen molar-refractivity contribution in [2.45, 2.75) is 25.2 Å². The van der Waals surface area contributed by atoms with E-state index in [-0.39, 0.29) is 18.7 Å². The molecule has 12 heteroatoms. The van der Waals surface area contributed by atoms with E-state index in [2.05, 4.69) is 5.32 Å². The SMILES string of the molecule is CNC(=O)[C@H](Cc1ccccc1)N(Cc1cccc(Cl)c1)C(=O)CN(c1cccc(C(F)(F)F)c1)S(C)(=O)=O. The molecular formula is C27H27ClF3N3O4S. The van der Waals surface area contributed by atoms with Crippen LogP contribution in [0.5, 0.6) is 0 Å². The lowest BCUT2D eigenvalue weighted by molar-refractivity contribution is -0.139. The molecule has 0 fully saturated rings. The van der Waals surface area contributed by atoms with Crippen LogP contribution in [0.15, 0.2) is 78.9 Å². The van der Waals surface area contributed by atoms with E-state index in [4.69, 9.17) is 11.6 Å². The number of benzene rings is 3. The molecule has 3 rings (SSSR count). The number of hydrogen-bond acceptors (Lipinski definition) is 4. The number of rotatable bonds is 10. The largest absolute Gasteiger partial charge is 0.416 e. The van der Waals surface area contributed by atoms with Gasteiger partial charge in [-0.15, -0.1) is 0 Å². The molecule has 0 spiro atoms. The van der Waals surface area contributed by atoms with Crippen LogP contribution < -0.4 is 9.62 Å². The number of nitrogens with zero attached hydrogens (tertiary/aromatic N) is 2. The summed E-state index contributed by atoms with van der Waals surface area (Å²) in [6.07, 6.45) is -3.82.